The molecule has 1 saturated heterocycles. The van der Waals surface area contributed by atoms with Crippen LogP contribution in [0, 0.1) is 0 Å². The third kappa shape index (κ3) is 3.63. The number of carbonyl (C=O) groups excluding carboxylic acids is 1. The number of likely N-dealkylation sites (tertiary alicyclic amines) is 1. The van der Waals surface area contributed by atoms with Crippen LogP contribution in [-0.4, -0.2) is 40.6 Å². The first-order chi connectivity index (χ1) is 12.5. The van der Waals surface area contributed by atoms with Gasteiger partial charge in [0, 0.05) is 6.54 Å². The summed E-state index contributed by atoms with van der Waals surface area (Å²) < 4.78 is 5.98. The van der Waals surface area contributed by atoms with Gasteiger partial charge in [0.2, 0.25) is 5.91 Å². The van der Waals surface area contributed by atoms with Gasteiger partial charge in [-0.25, -0.2) is 4.79 Å². The van der Waals surface area contributed by atoms with Gasteiger partial charge in [-0.15, -0.1) is 0 Å². The van der Waals surface area contributed by atoms with E-state index in [0.717, 1.165) is 11.1 Å². The number of carbonyl (C=O) groups is 2. The van der Waals surface area contributed by atoms with Crippen LogP contribution in [0.15, 0.2) is 60.7 Å². The molecule has 1 fully saturated rings. The van der Waals surface area contributed by atoms with Gasteiger partial charge in [0.15, 0.2) is 0 Å². The lowest BCUT2D eigenvalue weighted by atomic mass is 9.99. The zero-order chi connectivity index (χ0) is 18.6. The van der Waals surface area contributed by atoms with E-state index in [2.05, 4.69) is 0 Å². The number of hydrogen-bond acceptors (Lipinski definition) is 3. The van der Waals surface area contributed by atoms with E-state index in [4.69, 9.17) is 4.74 Å². The van der Waals surface area contributed by atoms with Crippen LogP contribution in [0.4, 0.5) is 0 Å². The molecule has 2 aromatic rings. The predicted octanol–water partition coefficient (Wildman–Crippen LogP) is 3.26. The molecule has 1 heterocycles. The number of carboxylic acids is 1. The highest BCUT2D eigenvalue weighted by Crippen LogP contribution is 2.30. The lowest BCUT2D eigenvalue weighted by Gasteiger charge is -2.31. The van der Waals surface area contributed by atoms with Crippen molar-refractivity contribution in [1.82, 2.24) is 4.90 Å². The smallest absolute Gasteiger partial charge is 0.329 e. The fraction of sp³-hybridized carbons (Fsp3) is 0.333. The number of aliphatic carboxylic acids is 1. The highest BCUT2D eigenvalue weighted by Gasteiger charge is 2.45. The average molecular weight is 353 g/mol. The summed E-state index contributed by atoms with van der Waals surface area (Å²) in [6.07, 6.45) is 0.782. The predicted molar refractivity (Wildman–Crippen MR) is 97.7 cm³/mol. The number of ether oxygens (including phenoxy) is 1. The number of benzene rings is 2. The molecule has 0 aliphatic carbocycles. The second-order valence-electron chi connectivity index (χ2n) is 6.74. The summed E-state index contributed by atoms with van der Waals surface area (Å²) in [5, 5.41) is 9.49. The second kappa shape index (κ2) is 7.70. The molecule has 0 spiro atoms. The Labute approximate surface area is 153 Å². The fourth-order valence-electron chi connectivity index (χ4n) is 3.46. The molecule has 26 heavy (non-hydrogen) atoms. The van der Waals surface area contributed by atoms with Crippen molar-refractivity contribution in [3.63, 3.8) is 0 Å². The Morgan fingerprint density at radius 3 is 2.12 bits per heavy atom. The molecule has 1 N–H and O–H groups in total. The Kier molecular flexibility index (Phi) is 5.38. The van der Waals surface area contributed by atoms with Crippen LogP contribution in [0.25, 0.3) is 0 Å². The van der Waals surface area contributed by atoms with Crippen molar-refractivity contribution in [2.24, 2.45) is 0 Å². The van der Waals surface area contributed by atoms with E-state index < -0.39 is 11.5 Å². The topological polar surface area (TPSA) is 66.8 Å². The number of rotatable bonds is 6. The molecule has 2 aromatic carbocycles. The Morgan fingerprint density at radius 2 is 1.62 bits per heavy atom. The normalized spacial score (nSPS) is 19.7. The lowest BCUT2D eigenvalue weighted by Crippen LogP contribution is -2.51. The lowest BCUT2D eigenvalue weighted by molar-refractivity contribution is -0.157. The summed E-state index contributed by atoms with van der Waals surface area (Å²) in [5.74, 6) is -1.25. The van der Waals surface area contributed by atoms with Gasteiger partial charge in [0.1, 0.15) is 18.2 Å². The molecule has 0 saturated carbocycles. The molecule has 5 heteroatoms. The summed E-state index contributed by atoms with van der Waals surface area (Å²) >= 11 is 0. The monoisotopic (exact) mass is 353 g/mol. The molecule has 1 unspecified atom stereocenters. The summed E-state index contributed by atoms with van der Waals surface area (Å²) in [4.78, 5) is 25.7. The van der Waals surface area contributed by atoms with Crippen molar-refractivity contribution in [2.75, 3.05) is 13.2 Å². The molecule has 0 radical (unpaired) electrons. The van der Waals surface area contributed by atoms with Crippen LogP contribution in [0.5, 0.6) is 0 Å². The van der Waals surface area contributed by atoms with Gasteiger partial charge in [-0.1, -0.05) is 60.7 Å². The zero-order valence-corrected chi connectivity index (χ0v) is 14.8. The Morgan fingerprint density at radius 1 is 1.08 bits per heavy atom. The SMILES string of the molecule is CC1(C(=O)O)CCCN1C(=O)COC(c1ccccc1)c1ccccc1. The molecule has 1 aliphatic rings. The summed E-state index contributed by atoms with van der Waals surface area (Å²) in [6.45, 7) is 1.90. The second-order valence-corrected chi connectivity index (χ2v) is 6.74. The maximum Gasteiger partial charge on any atom is 0.329 e. The Balaban J connectivity index is 1.76. The summed E-state index contributed by atoms with van der Waals surface area (Å²) in [5.41, 5.74) is 0.762. The highest BCUT2D eigenvalue weighted by atomic mass is 16.5. The van der Waals surface area contributed by atoms with E-state index >= 15 is 0 Å². The number of carboxylic acid groups (broad SMARTS) is 1. The van der Waals surface area contributed by atoms with Crippen LogP contribution in [0.1, 0.15) is 37.0 Å². The maximum absolute atomic E-state index is 12.7. The van der Waals surface area contributed by atoms with Crippen LogP contribution < -0.4 is 0 Å². The van der Waals surface area contributed by atoms with E-state index in [1.54, 1.807) is 6.92 Å². The molecule has 3 rings (SSSR count). The van der Waals surface area contributed by atoms with Gasteiger partial charge in [0.25, 0.3) is 0 Å². The van der Waals surface area contributed by atoms with E-state index in [9.17, 15) is 14.7 Å². The Hall–Kier alpha value is -2.66. The maximum atomic E-state index is 12.7. The van der Waals surface area contributed by atoms with Crippen molar-refractivity contribution in [2.45, 2.75) is 31.4 Å². The van der Waals surface area contributed by atoms with Gasteiger partial charge in [-0.3, -0.25) is 4.79 Å². The van der Waals surface area contributed by atoms with Crippen LogP contribution >= 0.6 is 0 Å². The largest absolute Gasteiger partial charge is 0.480 e. The molecule has 1 aliphatic heterocycles. The number of amides is 1. The first-order valence-corrected chi connectivity index (χ1v) is 8.78. The molecule has 0 bridgehead atoms. The third-order valence-corrected chi connectivity index (χ3v) is 4.98. The van der Waals surface area contributed by atoms with Gasteiger partial charge in [0.05, 0.1) is 0 Å². The van der Waals surface area contributed by atoms with Crippen molar-refractivity contribution in [3.8, 4) is 0 Å². The van der Waals surface area contributed by atoms with Crippen molar-refractivity contribution < 1.29 is 19.4 Å². The molecule has 1 atom stereocenters. The minimum absolute atomic E-state index is 0.155. The first-order valence-electron chi connectivity index (χ1n) is 8.78. The van der Waals surface area contributed by atoms with Gasteiger partial charge in [-0.2, -0.15) is 0 Å². The minimum Gasteiger partial charge on any atom is -0.480 e. The van der Waals surface area contributed by atoms with Crippen LogP contribution in [0.3, 0.4) is 0 Å². The first kappa shape index (κ1) is 18.1. The molecular formula is C21H23NO4. The van der Waals surface area contributed by atoms with E-state index in [-0.39, 0.29) is 18.6 Å². The van der Waals surface area contributed by atoms with E-state index in [1.165, 1.54) is 4.90 Å². The summed E-state index contributed by atoms with van der Waals surface area (Å²) in [7, 11) is 0. The van der Waals surface area contributed by atoms with Crippen molar-refractivity contribution in [1.29, 1.82) is 0 Å². The molecule has 1 amide bonds. The molecular weight excluding hydrogens is 330 g/mol. The van der Waals surface area contributed by atoms with E-state index in [0.29, 0.717) is 19.4 Å². The van der Waals surface area contributed by atoms with E-state index in [1.807, 2.05) is 60.7 Å². The van der Waals surface area contributed by atoms with Crippen molar-refractivity contribution in [3.05, 3.63) is 71.8 Å². The van der Waals surface area contributed by atoms with Gasteiger partial charge >= 0.3 is 5.97 Å². The van der Waals surface area contributed by atoms with Crippen molar-refractivity contribution >= 4 is 11.9 Å². The number of nitrogens with zero attached hydrogens (tertiary/aromatic N) is 1. The third-order valence-electron chi connectivity index (χ3n) is 4.98. The molecule has 136 valence electrons. The fourth-order valence-corrected chi connectivity index (χ4v) is 3.46. The van der Waals surface area contributed by atoms with Crippen LogP contribution in [-0.2, 0) is 14.3 Å². The highest BCUT2D eigenvalue weighted by molar-refractivity contribution is 5.88. The Bertz CT molecular complexity index is 723. The van der Waals surface area contributed by atoms with Gasteiger partial charge in [-0.05, 0) is 30.9 Å². The molecule has 5 nitrogen and oxygen atoms in total. The average Bonchev–Trinajstić information content (AvgIpc) is 3.07. The summed E-state index contributed by atoms with van der Waals surface area (Å²) in [6, 6.07) is 19.4. The quantitative estimate of drug-likeness (QED) is 0.866. The standard InChI is InChI=1S/C21H23NO4/c1-21(20(24)25)13-8-14-22(21)18(23)15-26-19(16-9-4-2-5-10-16)17-11-6-3-7-12-17/h2-7,9-12,19H,8,13-15H2,1H3,(H,24,25). The zero-order valence-electron chi connectivity index (χ0n) is 14.8. The van der Waals surface area contributed by atoms with Gasteiger partial charge < -0.3 is 14.7 Å². The number of hydrogen-bond donors (Lipinski definition) is 1. The minimum atomic E-state index is -1.14. The molecule has 0 aromatic heterocycles. The van der Waals surface area contributed by atoms with Crippen LogP contribution in [0.2, 0.25) is 0 Å².